The van der Waals surface area contributed by atoms with Gasteiger partial charge in [0.2, 0.25) is 0 Å². The van der Waals surface area contributed by atoms with Crippen molar-refractivity contribution in [3.8, 4) is 0 Å². The molecule has 0 saturated heterocycles. The summed E-state index contributed by atoms with van der Waals surface area (Å²) in [6, 6.07) is 0. The van der Waals surface area contributed by atoms with Crippen molar-refractivity contribution in [3.63, 3.8) is 0 Å². The van der Waals surface area contributed by atoms with Gasteiger partial charge in [-0.3, -0.25) is 14.4 Å². The molecule has 0 amide bonds. The van der Waals surface area contributed by atoms with Crippen LogP contribution in [0.15, 0.2) is 23.8 Å². The predicted octanol–water partition coefficient (Wildman–Crippen LogP) is 1.57. The van der Waals surface area contributed by atoms with Crippen molar-refractivity contribution in [3.05, 3.63) is 23.8 Å². The van der Waals surface area contributed by atoms with Gasteiger partial charge in [-0.2, -0.15) is 0 Å². The molecule has 5 nitrogen and oxygen atoms in total. The third-order valence-electron chi connectivity index (χ3n) is 3.89. The number of carbonyl (C=O) groups excluding carboxylic acids is 3. The minimum absolute atomic E-state index is 0.119. The van der Waals surface area contributed by atoms with Gasteiger partial charge in [-0.25, -0.2) is 0 Å². The Kier molecular flexibility index (Phi) is 3.79. The van der Waals surface area contributed by atoms with Gasteiger partial charge in [0.05, 0.1) is 13.2 Å². The van der Waals surface area contributed by atoms with Gasteiger partial charge in [-0.15, -0.1) is 0 Å². The standard InChI is InChI=1S/C15H18O5/c1-4-19-13(17)15(14(18)20-5-2)7-10-6-12(16)9(3)11(10)8-15/h6,11H,3-5,7-8H2,1-2H3. The van der Waals surface area contributed by atoms with Crippen LogP contribution in [0.25, 0.3) is 0 Å². The van der Waals surface area contributed by atoms with Crippen LogP contribution in [0.3, 0.4) is 0 Å². The van der Waals surface area contributed by atoms with Crippen molar-refractivity contribution in [2.24, 2.45) is 11.3 Å². The van der Waals surface area contributed by atoms with E-state index in [4.69, 9.17) is 9.47 Å². The van der Waals surface area contributed by atoms with E-state index in [-0.39, 0.29) is 37.8 Å². The van der Waals surface area contributed by atoms with Crippen LogP contribution in [0, 0.1) is 11.3 Å². The highest BCUT2D eigenvalue weighted by Gasteiger charge is 2.57. The smallest absolute Gasteiger partial charge is 0.323 e. The van der Waals surface area contributed by atoms with Gasteiger partial charge in [0.25, 0.3) is 0 Å². The summed E-state index contributed by atoms with van der Waals surface area (Å²) in [6.07, 6.45) is 1.87. The fraction of sp³-hybridized carbons (Fsp3) is 0.533. The fourth-order valence-electron chi connectivity index (χ4n) is 2.89. The molecule has 0 N–H and O–H groups in total. The Hall–Kier alpha value is -1.91. The zero-order chi connectivity index (χ0) is 14.9. The molecule has 0 heterocycles. The molecule has 0 aromatic carbocycles. The van der Waals surface area contributed by atoms with E-state index < -0.39 is 17.4 Å². The molecule has 1 saturated carbocycles. The van der Waals surface area contributed by atoms with Gasteiger partial charge >= 0.3 is 11.9 Å². The number of hydrogen-bond donors (Lipinski definition) is 0. The molecule has 0 aromatic rings. The van der Waals surface area contributed by atoms with Crippen LogP contribution < -0.4 is 0 Å². The molecule has 2 rings (SSSR count). The lowest BCUT2D eigenvalue weighted by atomic mass is 9.83. The molecule has 0 bridgehead atoms. The van der Waals surface area contributed by atoms with E-state index in [0.717, 1.165) is 5.57 Å². The Balaban J connectivity index is 2.34. The normalized spacial score (nSPS) is 23.3. The predicted molar refractivity (Wildman–Crippen MR) is 70.7 cm³/mol. The number of ketones is 1. The van der Waals surface area contributed by atoms with Crippen molar-refractivity contribution < 1.29 is 23.9 Å². The summed E-state index contributed by atoms with van der Waals surface area (Å²) in [6.45, 7) is 7.52. The first-order valence-corrected chi connectivity index (χ1v) is 6.74. The molecule has 20 heavy (non-hydrogen) atoms. The average Bonchev–Trinajstić information content (AvgIpc) is 2.89. The summed E-state index contributed by atoms with van der Waals surface area (Å²) < 4.78 is 10.1. The van der Waals surface area contributed by atoms with Crippen LogP contribution in [0.5, 0.6) is 0 Å². The van der Waals surface area contributed by atoms with E-state index >= 15 is 0 Å². The first-order chi connectivity index (χ1) is 9.46. The summed E-state index contributed by atoms with van der Waals surface area (Å²) in [4.78, 5) is 36.1. The fourth-order valence-corrected chi connectivity index (χ4v) is 2.89. The Bertz CT molecular complexity index is 496. The molecular formula is C15H18O5. The van der Waals surface area contributed by atoms with Crippen LogP contribution >= 0.6 is 0 Å². The first-order valence-electron chi connectivity index (χ1n) is 6.74. The minimum Gasteiger partial charge on any atom is -0.465 e. The molecule has 1 unspecified atom stereocenters. The molecule has 0 radical (unpaired) electrons. The highest BCUT2D eigenvalue weighted by molar-refractivity contribution is 6.10. The lowest BCUT2D eigenvalue weighted by molar-refractivity contribution is -0.171. The van der Waals surface area contributed by atoms with Gasteiger partial charge in [0.1, 0.15) is 0 Å². The van der Waals surface area contributed by atoms with Crippen molar-refractivity contribution in [2.75, 3.05) is 13.2 Å². The third-order valence-corrected chi connectivity index (χ3v) is 3.89. The average molecular weight is 278 g/mol. The Morgan fingerprint density at radius 2 is 1.85 bits per heavy atom. The molecule has 2 aliphatic rings. The highest BCUT2D eigenvalue weighted by Crippen LogP contribution is 2.52. The number of ether oxygens (including phenoxy) is 2. The maximum atomic E-state index is 12.2. The van der Waals surface area contributed by atoms with Crippen molar-refractivity contribution in [1.82, 2.24) is 0 Å². The largest absolute Gasteiger partial charge is 0.465 e. The van der Waals surface area contributed by atoms with Gasteiger partial charge in [0.15, 0.2) is 11.2 Å². The molecule has 108 valence electrons. The van der Waals surface area contributed by atoms with Crippen LogP contribution in [-0.4, -0.2) is 30.9 Å². The maximum absolute atomic E-state index is 12.2. The summed E-state index contributed by atoms with van der Waals surface area (Å²) >= 11 is 0. The second kappa shape index (κ2) is 5.23. The lowest BCUT2D eigenvalue weighted by Gasteiger charge is -2.24. The molecule has 0 aliphatic heterocycles. The van der Waals surface area contributed by atoms with E-state index in [1.807, 2.05) is 0 Å². The summed E-state index contributed by atoms with van der Waals surface area (Å²) in [5.74, 6) is -1.51. The van der Waals surface area contributed by atoms with E-state index in [0.29, 0.717) is 5.57 Å². The molecular weight excluding hydrogens is 260 g/mol. The Labute approximate surface area is 117 Å². The zero-order valence-corrected chi connectivity index (χ0v) is 11.7. The monoisotopic (exact) mass is 278 g/mol. The quantitative estimate of drug-likeness (QED) is 0.443. The van der Waals surface area contributed by atoms with Crippen LogP contribution in [0.4, 0.5) is 0 Å². The topological polar surface area (TPSA) is 69.7 Å². The van der Waals surface area contributed by atoms with Gasteiger partial charge in [-0.1, -0.05) is 12.2 Å². The van der Waals surface area contributed by atoms with Gasteiger partial charge in [0, 0.05) is 5.92 Å². The number of allylic oxidation sites excluding steroid dienone is 3. The summed E-state index contributed by atoms with van der Waals surface area (Å²) in [7, 11) is 0. The molecule has 0 spiro atoms. The highest BCUT2D eigenvalue weighted by atomic mass is 16.6. The SMILES string of the molecule is C=C1C(=O)C=C2CC(C(=O)OCC)(C(=O)OCC)CC12. The van der Waals surface area contributed by atoms with Crippen molar-refractivity contribution >= 4 is 17.7 Å². The van der Waals surface area contributed by atoms with E-state index in [2.05, 4.69) is 6.58 Å². The van der Waals surface area contributed by atoms with Crippen LogP contribution in [0.1, 0.15) is 26.7 Å². The van der Waals surface area contributed by atoms with E-state index in [9.17, 15) is 14.4 Å². The molecule has 1 fully saturated rings. The van der Waals surface area contributed by atoms with E-state index in [1.165, 1.54) is 6.08 Å². The summed E-state index contributed by atoms with van der Waals surface area (Å²) in [5, 5.41) is 0. The third kappa shape index (κ3) is 2.07. The number of hydrogen-bond acceptors (Lipinski definition) is 5. The number of carbonyl (C=O) groups is 3. The van der Waals surface area contributed by atoms with E-state index in [1.54, 1.807) is 13.8 Å². The molecule has 1 atom stereocenters. The molecule has 5 heteroatoms. The number of esters is 2. The van der Waals surface area contributed by atoms with Gasteiger partial charge < -0.3 is 9.47 Å². The number of rotatable bonds is 4. The van der Waals surface area contributed by atoms with Gasteiger partial charge in [-0.05, 0) is 38.3 Å². The first kappa shape index (κ1) is 14.5. The lowest BCUT2D eigenvalue weighted by Crippen LogP contribution is -2.40. The second-order valence-electron chi connectivity index (χ2n) is 5.07. The van der Waals surface area contributed by atoms with Crippen LogP contribution in [0.2, 0.25) is 0 Å². The van der Waals surface area contributed by atoms with Crippen LogP contribution in [-0.2, 0) is 23.9 Å². The molecule has 2 aliphatic carbocycles. The molecule has 0 aromatic heterocycles. The van der Waals surface area contributed by atoms with Crippen molar-refractivity contribution in [2.45, 2.75) is 26.7 Å². The minimum atomic E-state index is -1.33. The maximum Gasteiger partial charge on any atom is 0.323 e. The second-order valence-corrected chi connectivity index (χ2v) is 5.07. The number of fused-ring (bicyclic) bond motifs is 1. The summed E-state index contributed by atoms with van der Waals surface area (Å²) in [5.41, 5.74) is -0.108. The Morgan fingerprint density at radius 1 is 1.30 bits per heavy atom. The zero-order valence-electron chi connectivity index (χ0n) is 11.7. The Morgan fingerprint density at radius 3 is 2.30 bits per heavy atom. The van der Waals surface area contributed by atoms with Crippen molar-refractivity contribution in [1.29, 1.82) is 0 Å².